The van der Waals surface area contributed by atoms with E-state index in [1.807, 2.05) is 57.2 Å². The maximum Gasteiger partial charge on any atom is 0.331 e. The van der Waals surface area contributed by atoms with Gasteiger partial charge in [0.2, 0.25) is 0 Å². The SMILES string of the molecule is COc1ccc(CO[C@@H](/C=C/C(=O)OC(C)(C)C)c2ccc(Cl)cc2)cc1. The van der Waals surface area contributed by atoms with Gasteiger partial charge in [0.1, 0.15) is 17.5 Å². The van der Waals surface area contributed by atoms with Gasteiger partial charge in [-0.3, -0.25) is 0 Å². The van der Waals surface area contributed by atoms with E-state index in [2.05, 4.69) is 0 Å². The van der Waals surface area contributed by atoms with Crippen molar-refractivity contribution < 1.29 is 19.0 Å². The fourth-order valence-electron chi connectivity index (χ4n) is 2.32. The third kappa shape index (κ3) is 7.45. The predicted molar refractivity (Wildman–Crippen MR) is 107 cm³/mol. The zero-order valence-corrected chi connectivity index (χ0v) is 16.8. The molecule has 0 bridgehead atoms. The van der Waals surface area contributed by atoms with Crippen LogP contribution in [0, 0.1) is 0 Å². The highest BCUT2D eigenvalue weighted by Crippen LogP contribution is 2.23. The Kier molecular flexibility index (Phi) is 7.45. The first-order valence-corrected chi connectivity index (χ1v) is 9.06. The Hall–Kier alpha value is -2.30. The largest absolute Gasteiger partial charge is 0.497 e. The van der Waals surface area contributed by atoms with E-state index in [9.17, 15) is 4.79 Å². The summed E-state index contributed by atoms with van der Waals surface area (Å²) in [7, 11) is 1.63. The minimum Gasteiger partial charge on any atom is -0.497 e. The third-order valence-electron chi connectivity index (χ3n) is 3.60. The summed E-state index contributed by atoms with van der Waals surface area (Å²) in [5, 5.41) is 0.642. The van der Waals surface area contributed by atoms with Crippen LogP contribution in [0.15, 0.2) is 60.7 Å². The molecule has 0 aliphatic carbocycles. The molecule has 2 aromatic rings. The summed E-state index contributed by atoms with van der Waals surface area (Å²) in [5.74, 6) is 0.382. The molecular formula is C22H25ClO4. The molecule has 4 nitrogen and oxygen atoms in total. The standard InChI is InChI=1S/C22H25ClO4/c1-22(2,3)27-21(24)14-13-20(17-7-9-18(23)10-8-17)26-15-16-5-11-19(25-4)12-6-16/h5-14,20H,15H2,1-4H3/b14-13+/t20-/m0/s1. The lowest BCUT2D eigenvalue weighted by molar-refractivity contribution is -0.148. The minimum absolute atomic E-state index is 0.385. The van der Waals surface area contributed by atoms with Gasteiger partial charge in [0.15, 0.2) is 0 Å². The van der Waals surface area contributed by atoms with E-state index in [1.165, 1.54) is 6.08 Å². The maximum absolute atomic E-state index is 12.0. The molecule has 1 atom stereocenters. The van der Waals surface area contributed by atoms with Crippen LogP contribution in [-0.4, -0.2) is 18.7 Å². The van der Waals surface area contributed by atoms with Gasteiger partial charge >= 0.3 is 5.97 Å². The number of hydrogen-bond acceptors (Lipinski definition) is 4. The van der Waals surface area contributed by atoms with Gasteiger partial charge in [0, 0.05) is 11.1 Å². The summed E-state index contributed by atoms with van der Waals surface area (Å²) < 4.78 is 16.5. The number of rotatable bonds is 7. The van der Waals surface area contributed by atoms with Gasteiger partial charge in [-0.1, -0.05) is 35.9 Å². The maximum atomic E-state index is 12.0. The molecule has 0 aliphatic rings. The number of esters is 1. The number of benzene rings is 2. The first-order chi connectivity index (χ1) is 12.8. The van der Waals surface area contributed by atoms with Crippen molar-refractivity contribution in [1.82, 2.24) is 0 Å². The van der Waals surface area contributed by atoms with Crippen LogP contribution in [0.4, 0.5) is 0 Å². The monoisotopic (exact) mass is 388 g/mol. The first kappa shape index (κ1) is 21.0. The Balaban J connectivity index is 2.11. The second-order valence-corrected chi connectivity index (χ2v) is 7.46. The molecule has 2 aromatic carbocycles. The lowest BCUT2D eigenvalue weighted by atomic mass is 10.1. The summed E-state index contributed by atoms with van der Waals surface area (Å²) in [6.07, 6.45) is 2.69. The van der Waals surface area contributed by atoms with E-state index in [0.29, 0.717) is 11.6 Å². The van der Waals surface area contributed by atoms with Gasteiger partial charge in [-0.05, 0) is 62.2 Å². The van der Waals surface area contributed by atoms with Gasteiger partial charge in [-0.15, -0.1) is 0 Å². The van der Waals surface area contributed by atoms with E-state index in [0.717, 1.165) is 16.9 Å². The Morgan fingerprint density at radius 3 is 2.26 bits per heavy atom. The van der Waals surface area contributed by atoms with E-state index >= 15 is 0 Å². The molecule has 0 amide bonds. The molecule has 27 heavy (non-hydrogen) atoms. The van der Waals surface area contributed by atoms with Gasteiger partial charge in [0.25, 0.3) is 0 Å². The second kappa shape index (κ2) is 9.58. The fraction of sp³-hybridized carbons (Fsp3) is 0.318. The first-order valence-electron chi connectivity index (χ1n) is 8.68. The number of methoxy groups -OCH3 is 1. The Bertz CT molecular complexity index is 758. The van der Waals surface area contributed by atoms with E-state index in [4.69, 9.17) is 25.8 Å². The highest BCUT2D eigenvalue weighted by Gasteiger charge is 2.15. The van der Waals surface area contributed by atoms with E-state index in [-0.39, 0.29) is 0 Å². The molecule has 0 aromatic heterocycles. The lowest BCUT2D eigenvalue weighted by Crippen LogP contribution is -2.22. The van der Waals surface area contributed by atoms with Crippen molar-refractivity contribution in [2.75, 3.05) is 7.11 Å². The summed E-state index contributed by atoms with van der Waals surface area (Å²) in [5.41, 5.74) is 1.36. The quantitative estimate of drug-likeness (QED) is 0.463. The van der Waals surface area contributed by atoms with Crippen LogP contribution in [-0.2, 0) is 20.9 Å². The molecule has 0 unspecified atom stereocenters. The summed E-state index contributed by atoms with van der Waals surface area (Å²) in [4.78, 5) is 12.0. The van der Waals surface area contributed by atoms with Gasteiger partial charge < -0.3 is 14.2 Å². The predicted octanol–water partition coefficient (Wildman–Crippen LogP) is 5.50. The zero-order chi connectivity index (χ0) is 19.9. The van der Waals surface area contributed by atoms with Crippen LogP contribution >= 0.6 is 11.6 Å². The van der Waals surface area contributed by atoms with Crippen LogP contribution in [0.2, 0.25) is 5.02 Å². The highest BCUT2D eigenvalue weighted by atomic mass is 35.5. The van der Waals surface area contributed by atoms with Crippen molar-refractivity contribution in [3.05, 3.63) is 76.8 Å². The molecule has 0 N–H and O–H groups in total. The summed E-state index contributed by atoms with van der Waals surface area (Å²) >= 11 is 5.97. The average Bonchev–Trinajstić information content (AvgIpc) is 2.62. The fourth-order valence-corrected chi connectivity index (χ4v) is 2.45. The van der Waals surface area contributed by atoms with E-state index < -0.39 is 17.7 Å². The van der Waals surface area contributed by atoms with Gasteiger partial charge in [-0.2, -0.15) is 0 Å². The number of halogens is 1. The lowest BCUT2D eigenvalue weighted by Gasteiger charge is -2.19. The molecule has 0 saturated heterocycles. The topological polar surface area (TPSA) is 44.8 Å². The number of ether oxygens (including phenoxy) is 3. The summed E-state index contributed by atoms with van der Waals surface area (Å²) in [6.45, 7) is 5.87. The van der Waals surface area contributed by atoms with E-state index in [1.54, 1.807) is 25.3 Å². The molecule has 0 heterocycles. The number of carbonyl (C=O) groups is 1. The second-order valence-electron chi connectivity index (χ2n) is 7.02. The molecular weight excluding hydrogens is 364 g/mol. The van der Waals surface area contributed by atoms with Crippen molar-refractivity contribution in [2.45, 2.75) is 39.1 Å². The third-order valence-corrected chi connectivity index (χ3v) is 3.85. The van der Waals surface area contributed by atoms with Crippen LogP contribution in [0.5, 0.6) is 5.75 Å². The van der Waals surface area contributed by atoms with Crippen molar-refractivity contribution in [2.24, 2.45) is 0 Å². The Labute approximate surface area is 165 Å². The molecule has 0 saturated carbocycles. The van der Waals surface area contributed by atoms with Crippen LogP contribution in [0.1, 0.15) is 38.0 Å². The number of hydrogen-bond donors (Lipinski definition) is 0. The van der Waals surface area contributed by atoms with Crippen LogP contribution < -0.4 is 4.74 Å². The molecule has 0 radical (unpaired) electrons. The highest BCUT2D eigenvalue weighted by molar-refractivity contribution is 6.30. The molecule has 0 fully saturated rings. The summed E-state index contributed by atoms with van der Waals surface area (Å²) in [6, 6.07) is 15.0. The molecule has 0 aliphatic heterocycles. The normalized spacial score (nSPS) is 12.8. The van der Waals surface area contributed by atoms with Gasteiger partial charge in [-0.25, -0.2) is 4.79 Å². The van der Waals surface area contributed by atoms with Crippen molar-refractivity contribution in [3.63, 3.8) is 0 Å². The Morgan fingerprint density at radius 2 is 1.70 bits per heavy atom. The Morgan fingerprint density at radius 1 is 1.07 bits per heavy atom. The van der Waals surface area contributed by atoms with Crippen molar-refractivity contribution in [3.8, 4) is 5.75 Å². The minimum atomic E-state index is -0.541. The zero-order valence-electron chi connectivity index (χ0n) is 16.1. The van der Waals surface area contributed by atoms with Crippen LogP contribution in [0.3, 0.4) is 0 Å². The molecule has 144 valence electrons. The smallest absolute Gasteiger partial charge is 0.331 e. The molecule has 0 spiro atoms. The van der Waals surface area contributed by atoms with Crippen molar-refractivity contribution >= 4 is 17.6 Å². The number of carbonyl (C=O) groups excluding carboxylic acids is 1. The molecule has 2 rings (SSSR count). The van der Waals surface area contributed by atoms with Crippen LogP contribution in [0.25, 0.3) is 0 Å². The van der Waals surface area contributed by atoms with Gasteiger partial charge in [0.05, 0.1) is 13.7 Å². The van der Waals surface area contributed by atoms with Crippen molar-refractivity contribution in [1.29, 1.82) is 0 Å². The average molecular weight is 389 g/mol. The molecule has 5 heteroatoms.